The number of rotatable bonds is 2. The summed E-state index contributed by atoms with van der Waals surface area (Å²) >= 11 is 0. The van der Waals surface area contributed by atoms with E-state index in [1.807, 2.05) is 30.3 Å². The fraction of sp³-hybridized carbons (Fsp3) is 0.250. The molecule has 0 aliphatic carbocycles. The summed E-state index contributed by atoms with van der Waals surface area (Å²) in [5, 5.41) is 2.97. The molecule has 0 saturated carbocycles. The Labute approximate surface area is 150 Å². The topological polar surface area (TPSA) is 61.8 Å². The van der Waals surface area contributed by atoms with Crippen molar-refractivity contribution in [2.45, 2.75) is 18.5 Å². The highest BCUT2D eigenvalue weighted by atomic mass is 19.1. The second kappa shape index (κ2) is 6.37. The van der Waals surface area contributed by atoms with E-state index < -0.39 is 11.5 Å². The third-order valence-electron chi connectivity index (χ3n) is 4.92. The number of carbonyl (C=O) groups is 2. The standard InChI is InChI=1S/C20H18FN3O2/c21-16-9-5-4-8-15(16)19(26)24-12-10-20(11-13-24)22-17(18(25)23-20)14-6-2-1-3-7-14/h1-9H,10-13H2,(H,23,25). The smallest absolute Gasteiger partial charge is 0.272 e. The molecule has 26 heavy (non-hydrogen) atoms. The van der Waals surface area contributed by atoms with Gasteiger partial charge < -0.3 is 10.2 Å². The number of hydrogen-bond acceptors (Lipinski definition) is 3. The van der Waals surface area contributed by atoms with Gasteiger partial charge in [-0.1, -0.05) is 42.5 Å². The van der Waals surface area contributed by atoms with Gasteiger partial charge in [-0.25, -0.2) is 4.39 Å². The van der Waals surface area contributed by atoms with E-state index in [1.165, 1.54) is 12.1 Å². The van der Waals surface area contributed by atoms with E-state index in [0.717, 1.165) is 5.56 Å². The maximum Gasteiger partial charge on any atom is 0.272 e. The molecule has 2 aromatic rings. The lowest BCUT2D eigenvalue weighted by Crippen LogP contribution is -2.52. The van der Waals surface area contributed by atoms with Gasteiger partial charge in [0, 0.05) is 31.5 Å². The summed E-state index contributed by atoms with van der Waals surface area (Å²) in [6.07, 6.45) is 1.02. The third-order valence-corrected chi connectivity index (χ3v) is 4.92. The Bertz CT molecular complexity index is 887. The molecule has 4 rings (SSSR count). The summed E-state index contributed by atoms with van der Waals surface area (Å²) in [5.41, 5.74) is 0.618. The number of aliphatic imine (C=N–C) groups is 1. The average molecular weight is 351 g/mol. The lowest BCUT2D eigenvalue weighted by molar-refractivity contribution is -0.115. The minimum Gasteiger partial charge on any atom is -0.338 e. The van der Waals surface area contributed by atoms with Crippen molar-refractivity contribution in [3.05, 3.63) is 71.5 Å². The van der Waals surface area contributed by atoms with E-state index in [1.54, 1.807) is 17.0 Å². The van der Waals surface area contributed by atoms with Crippen LogP contribution < -0.4 is 5.32 Å². The Balaban J connectivity index is 1.50. The zero-order valence-corrected chi connectivity index (χ0v) is 14.1. The Hall–Kier alpha value is -3.02. The number of piperidine rings is 1. The van der Waals surface area contributed by atoms with Crippen molar-refractivity contribution in [1.29, 1.82) is 0 Å². The van der Waals surface area contributed by atoms with Gasteiger partial charge in [-0.2, -0.15) is 0 Å². The fourth-order valence-corrected chi connectivity index (χ4v) is 3.48. The first-order valence-corrected chi connectivity index (χ1v) is 8.60. The molecule has 0 aromatic heterocycles. The first-order chi connectivity index (χ1) is 12.6. The van der Waals surface area contributed by atoms with Crippen molar-refractivity contribution in [3.63, 3.8) is 0 Å². The van der Waals surface area contributed by atoms with Gasteiger partial charge in [-0.05, 0) is 12.1 Å². The summed E-state index contributed by atoms with van der Waals surface area (Å²) in [6, 6.07) is 15.3. The second-order valence-electron chi connectivity index (χ2n) is 6.58. The van der Waals surface area contributed by atoms with Crippen molar-refractivity contribution < 1.29 is 14.0 Å². The van der Waals surface area contributed by atoms with Crippen molar-refractivity contribution >= 4 is 17.5 Å². The molecule has 2 aliphatic heterocycles. The van der Waals surface area contributed by atoms with Crippen LogP contribution in [0.2, 0.25) is 0 Å². The number of carbonyl (C=O) groups excluding carboxylic acids is 2. The maximum absolute atomic E-state index is 13.9. The first-order valence-electron chi connectivity index (χ1n) is 8.60. The highest BCUT2D eigenvalue weighted by Crippen LogP contribution is 2.29. The number of amides is 2. The average Bonchev–Trinajstić information content (AvgIpc) is 2.99. The summed E-state index contributed by atoms with van der Waals surface area (Å²) in [7, 11) is 0. The van der Waals surface area contributed by atoms with Crippen LogP contribution in [-0.2, 0) is 4.79 Å². The van der Waals surface area contributed by atoms with Crippen molar-refractivity contribution in [2.24, 2.45) is 4.99 Å². The molecule has 2 heterocycles. The second-order valence-corrected chi connectivity index (χ2v) is 6.58. The van der Waals surface area contributed by atoms with Crippen LogP contribution in [0.5, 0.6) is 0 Å². The van der Waals surface area contributed by atoms with Crippen molar-refractivity contribution in [3.8, 4) is 0 Å². The molecule has 2 aromatic carbocycles. The van der Waals surface area contributed by atoms with Crippen LogP contribution in [-0.4, -0.2) is 41.2 Å². The van der Waals surface area contributed by atoms with Crippen LogP contribution in [0, 0.1) is 5.82 Å². The van der Waals surface area contributed by atoms with Crippen molar-refractivity contribution in [1.82, 2.24) is 10.2 Å². The number of nitrogens with one attached hydrogen (secondary N) is 1. The Morgan fingerprint density at radius 1 is 1.04 bits per heavy atom. The van der Waals surface area contributed by atoms with E-state index in [4.69, 9.17) is 0 Å². The van der Waals surface area contributed by atoms with Crippen LogP contribution >= 0.6 is 0 Å². The Morgan fingerprint density at radius 2 is 1.69 bits per heavy atom. The predicted molar refractivity (Wildman–Crippen MR) is 95.4 cm³/mol. The molecule has 0 bridgehead atoms. The van der Waals surface area contributed by atoms with Gasteiger partial charge in [-0.3, -0.25) is 14.6 Å². The summed E-state index contributed by atoms with van der Waals surface area (Å²) in [4.78, 5) is 31.2. The molecule has 6 heteroatoms. The lowest BCUT2D eigenvalue weighted by Gasteiger charge is -2.37. The van der Waals surface area contributed by atoms with Gasteiger partial charge in [0.2, 0.25) is 0 Å². The van der Waals surface area contributed by atoms with Crippen LogP contribution in [0.4, 0.5) is 4.39 Å². The number of nitrogens with zero attached hydrogens (tertiary/aromatic N) is 2. The minimum absolute atomic E-state index is 0.0763. The normalized spacial score (nSPS) is 18.6. The number of benzene rings is 2. The third kappa shape index (κ3) is 2.87. The summed E-state index contributed by atoms with van der Waals surface area (Å²) in [6.45, 7) is 0.831. The van der Waals surface area contributed by atoms with E-state index in [0.29, 0.717) is 31.6 Å². The quantitative estimate of drug-likeness (QED) is 0.903. The van der Waals surface area contributed by atoms with Crippen molar-refractivity contribution in [2.75, 3.05) is 13.1 Å². The highest BCUT2D eigenvalue weighted by Gasteiger charge is 2.43. The molecule has 0 radical (unpaired) electrons. The Morgan fingerprint density at radius 3 is 2.38 bits per heavy atom. The monoisotopic (exact) mass is 351 g/mol. The molecule has 1 spiro atoms. The maximum atomic E-state index is 13.9. The molecule has 132 valence electrons. The molecule has 1 saturated heterocycles. The molecular formula is C20H18FN3O2. The minimum atomic E-state index is -0.672. The van der Waals surface area contributed by atoms with Crippen LogP contribution in [0.25, 0.3) is 0 Å². The zero-order valence-electron chi connectivity index (χ0n) is 14.1. The van der Waals surface area contributed by atoms with Gasteiger partial charge in [0.05, 0.1) is 5.56 Å². The SMILES string of the molecule is O=C1NC2(CCN(C(=O)c3ccccc3F)CC2)N=C1c1ccccc1. The predicted octanol–water partition coefficient (Wildman–Crippen LogP) is 2.38. The van der Waals surface area contributed by atoms with Crippen LogP contribution in [0.3, 0.4) is 0 Å². The largest absolute Gasteiger partial charge is 0.338 e. The van der Waals surface area contributed by atoms with Gasteiger partial charge in [0.15, 0.2) is 0 Å². The lowest BCUT2D eigenvalue weighted by atomic mass is 9.97. The Kier molecular flexibility index (Phi) is 4.03. The van der Waals surface area contributed by atoms with Gasteiger partial charge >= 0.3 is 0 Å². The molecule has 1 fully saturated rings. The summed E-state index contributed by atoms with van der Waals surface area (Å²) < 4.78 is 13.9. The van der Waals surface area contributed by atoms with Gasteiger partial charge in [-0.15, -0.1) is 0 Å². The molecule has 1 N–H and O–H groups in total. The zero-order chi connectivity index (χ0) is 18.1. The van der Waals surface area contributed by atoms with E-state index in [9.17, 15) is 14.0 Å². The van der Waals surface area contributed by atoms with Gasteiger partial charge in [0.25, 0.3) is 11.8 Å². The molecule has 2 aliphatic rings. The first kappa shape index (κ1) is 16.4. The number of hydrogen-bond donors (Lipinski definition) is 1. The van der Waals surface area contributed by atoms with Gasteiger partial charge in [0.1, 0.15) is 17.2 Å². The number of halogens is 1. The molecule has 0 unspecified atom stereocenters. The van der Waals surface area contributed by atoms with E-state index in [-0.39, 0.29) is 17.4 Å². The van der Waals surface area contributed by atoms with E-state index in [2.05, 4.69) is 10.3 Å². The number of likely N-dealkylation sites (tertiary alicyclic amines) is 1. The molecule has 5 nitrogen and oxygen atoms in total. The molecule has 2 amide bonds. The fourth-order valence-electron chi connectivity index (χ4n) is 3.48. The van der Waals surface area contributed by atoms with Crippen LogP contribution in [0.1, 0.15) is 28.8 Å². The molecular weight excluding hydrogens is 333 g/mol. The highest BCUT2D eigenvalue weighted by molar-refractivity contribution is 6.46. The molecule has 0 atom stereocenters. The van der Waals surface area contributed by atoms with E-state index >= 15 is 0 Å². The summed E-state index contributed by atoms with van der Waals surface area (Å²) in [5.74, 6) is -1.03. The van der Waals surface area contributed by atoms with Crippen LogP contribution in [0.15, 0.2) is 59.6 Å².